The van der Waals surface area contributed by atoms with Gasteiger partial charge in [0.05, 0.1) is 5.54 Å². The third-order valence-corrected chi connectivity index (χ3v) is 4.27. The van der Waals surface area contributed by atoms with E-state index < -0.39 is 7.60 Å². The Morgan fingerprint density at radius 2 is 1.61 bits per heavy atom. The van der Waals surface area contributed by atoms with Crippen molar-refractivity contribution in [3.63, 3.8) is 0 Å². The van der Waals surface area contributed by atoms with E-state index in [2.05, 4.69) is 9.89 Å². The highest BCUT2D eigenvalue weighted by molar-refractivity contribution is 7.54. The summed E-state index contributed by atoms with van der Waals surface area (Å²) in [6.45, 7) is 11.8. The normalized spacial score (nSPS) is 13.8. The summed E-state index contributed by atoms with van der Waals surface area (Å²) in [4.78, 5) is 6.72. The summed E-state index contributed by atoms with van der Waals surface area (Å²) in [5.41, 5.74) is -0.218. The summed E-state index contributed by atoms with van der Waals surface area (Å²) >= 11 is 0. The number of rotatable bonds is 6. The molecule has 0 fully saturated rings. The van der Waals surface area contributed by atoms with Gasteiger partial charge < -0.3 is 13.9 Å². The van der Waals surface area contributed by atoms with Gasteiger partial charge in [0.25, 0.3) is 0 Å². The van der Waals surface area contributed by atoms with Crippen molar-refractivity contribution < 1.29 is 13.6 Å². The molecule has 0 bridgehead atoms. The zero-order chi connectivity index (χ0) is 14.4. The monoisotopic (exact) mass is 278 g/mol. The van der Waals surface area contributed by atoms with Crippen molar-refractivity contribution in [3.8, 4) is 0 Å². The first-order valence-corrected chi connectivity index (χ1v) is 7.98. The van der Waals surface area contributed by atoms with E-state index in [4.69, 9.17) is 9.05 Å². The number of amidine groups is 1. The molecule has 6 heteroatoms. The van der Waals surface area contributed by atoms with Gasteiger partial charge in [0.15, 0.2) is 0 Å². The summed E-state index contributed by atoms with van der Waals surface area (Å²) in [5.74, 6) is 0.777. The number of nitrogens with zero attached hydrogens (tertiary/aromatic N) is 2. The van der Waals surface area contributed by atoms with Gasteiger partial charge in [-0.25, -0.2) is 0 Å². The van der Waals surface area contributed by atoms with Gasteiger partial charge in [0.1, 0.15) is 12.0 Å². The number of aliphatic imine (C=N–C) groups is 1. The second kappa shape index (κ2) is 7.27. The summed E-state index contributed by atoms with van der Waals surface area (Å²) in [7, 11) is -0.268. The Hall–Kier alpha value is -0.380. The molecule has 5 nitrogen and oxygen atoms in total. The molecule has 0 saturated heterocycles. The van der Waals surface area contributed by atoms with Crippen molar-refractivity contribution in [2.75, 3.05) is 33.5 Å². The molecule has 0 spiro atoms. The smallest absolute Gasteiger partial charge is 0.337 e. The Morgan fingerprint density at radius 3 is 1.89 bits per heavy atom. The van der Waals surface area contributed by atoms with Crippen molar-refractivity contribution >= 4 is 13.4 Å². The molecule has 0 atom stereocenters. The van der Waals surface area contributed by atoms with E-state index in [1.54, 1.807) is 0 Å². The van der Waals surface area contributed by atoms with E-state index in [-0.39, 0.29) is 11.7 Å². The summed E-state index contributed by atoms with van der Waals surface area (Å²) in [6, 6.07) is 0. The molecule has 0 saturated carbocycles. The van der Waals surface area contributed by atoms with Crippen LogP contribution in [0.1, 0.15) is 34.6 Å². The Kier molecular flexibility index (Phi) is 7.11. The lowest BCUT2D eigenvalue weighted by molar-refractivity contribution is 0.278. The van der Waals surface area contributed by atoms with Crippen molar-refractivity contribution in [1.29, 1.82) is 0 Å². The van der Waals surface area contributed by atoms with Crippen molar-refractivity contribution in [3.05, 3.63) is 0 Å². The Morgan fingerprint density at radius 1 is 1.17 bits per heavy atom. The molecule has 0 aliphatic carbocycles. The second-order valence-electron chi connectivity index (χ2n) is 5.01. The molecule has 18 heavy (non-hydrogen) atoms. The zero-order valence-electron chi connectivity index (χ0n) is 12.7. The first-order chi connectivity index (χ1) is 8.21. The van der Waals surface area contributed by atoms with E-state index >= 15 is 0 Å². The van der Waals surface area contributed by atoms with Crippen LogP contribution in [-0.2, 0) is 13.6 Å². The van der Waals surface area contributed by atoms with Crippen LogP contribution in [0.4, 0.5) is 0 Å². The quantitative estimate of drug-likeness (QED) is 0.426. The van der Waals surface area contributed by atoms with Gasteiger partial charge in [0, 0.05) is 27.3 Å². The van der Waals surface area contributed by atoms with Crippen LogP contribution < -0.4 is 0 Å². The van der Waals surface area contributed by atoms with Crippen LogP contribution in [-0.4, -0.2) is 49.7 Å². The number of hydrogen-bond acceptors (Lipinski definition) is 4. The minimum atomic E-state index is -3.08. The SMILES string of the molecule is CCN(CC)C(CP(=O)(OC)OC)=NC(C)(C)C. The van der Waals surface area contributed by atoms with Gasteiger partial charge in [-0.15, -0.1) is 0 Å². The predicted molar refractivity (Wildman–Crippen MR) is 76.6 cm³/mol. The molecular weight excluding hydrogens is 251 g/mol. The van der Waals surface area contributed by atoms with Gasteiger partial charge in [0.2, 0.25) is 0 Å². The van der Waals surface area contributed by atoms with Gasteiger partial charge in [-0.2, -0.15) is 0 Å². The van der Waals surface area contributed by atoms with Gasteiger partial charge >= 0.3 is 7.60 Å². The van der Waals surface area contributed by atoms with Crippen LogP contribution in [0.15, 0.2) is 4.99 Å². The molecule has 0 aromatic carbocycles. The van der Waals surface area contributed by atoms with Crippen molar-refractivity contribution in [2.24, 2.45) is 4.99 Å². The highest BCUT2D eigenvalue weighted by Crippen LogP contribution is 2.46. The molecular formula is C12H27N2O3P. The van der Waals surface area contributed by atoms with Crippen LogP contribution in [0, 0.1) is 0 Å². The second-order valence-corrected chi connectivity index (χ2v) is 7.27. The van der Waals surface area contributed by atoms with E-state index in [1.807, 2.05) is 34.6 Å². The highest BCUT2D eigenvalue weighted by atomic mass is 31.2. The lowest BCUT2D eigenvalue weighted by Gasteiger charge is -2.28. The first kappa shape index (κ1) is 17.6. The minimum Gasteiger partial charge on any atom is -0.360 e. The standard InChI is InChI=1S/C12H27N2O3P/c1-8-14(9-2)11(13-12(3,4)5)10-18(15,16-6)17-7/h8-10H2,1-7H3. The van der Waals surface area contributed by atoms with E-state index in [9.17, 15) is 4.57 Å². The Labute approximate surface area is 111 Å². The molecule has 0 rings (SSSR count). The lowest BCUT2D eigenvalue weighted by Crippen LogP contribution is -2.35. The maximum atomic E-state index is 12.2. The summed E-state index contributed by atoms with van der Waals surface area (Å²) in [5, 5.41) is 0. The predicted octanol–water partition coefficient (Wildman–Crippen LogP) is 3.01. The maximum absolute atomic E-state index is 12.2. The topological polar surface area (TPSA) is 51.1 Å². The van der Waals surface area contributed by atoms with Crippen LogP contribution >= 0.6 is 7.60 Å². The number of hydrogen-bond donors (Lipinski definition) is 0. The summed E-state index contributed by atoms with van der Waals surface area (Å²) in [6.07, 6.45) is 0.207. The van der Waals surface area contributed by atoms with Gasteiger partial charge in [-0.1, -0.05) is 0 Å². The van der Waals surface area contributed by atoms with Crippen molar-refractivity contribution in [2.45, 2.75) is 40.2 Å². The third-order valence-electron chi connectivity index (χ3n) is 2.48. The fourth-order valence-electron chi connectivity index (χ4n) is 1.56. The zero-order valence-corrected chi connectivity index (χ0v) is 13.6. The average Bonchev–Trinajstić information content (AvgIpc) is 2.28. The van der Waals surface area contributed by atoms with E-state index in [1.165, 1.54) is 14.2 Å². The van der Waals surface area contributed by atoms with Crippen LogP contribution in [0.2, 0.25) is 0 Å². The van der Waals surface area contributed by atoms with Crippen LogP contribution in [0.3, 0.4) is 0 Å². The van der Waals surface area contributed by atoms with E-state index in [0.717, 1.165) is 18.9 Å². The fraction of sp³-hybridized carbons (Fsp3) is 0.917. The molecule has 0 amide bonds. The Bertz CT molecular complexity index is 312. The van der Waals surface area contributed by atoms with Gasteiger partial charge in [-0.3, -0.25) is 9.56 Å². The van der Waals surface area contributed by atoms with Crippen LogP contribution in [0.25, 0.3) is 0 Å². The lowest BCUT2D eigenvalue weighted by atomic mass is 10.1. The minimum absolute atomic E-state index is 0.207. The third kappa shape index (κ3) is 5.98. The highest BCUT2D eigenvalue weighted by Gasteiger charge is 2.27. The largest absolute Gasteiger partial charge is 0.360 e. The molecule has 108 valence electrons. The first-order valence-electron chi connectivity index (χ1n) is 6.25. The molecule has 0 N–H and O–H groups in total. The summed E-state index contributed by atoms with van der Waals surface area (Å²) < 4.78 is 22.2. The molecule has 0 unspecified atom stereocenters. The molecule has 0 aromatic heterocycles. The Balaban J connectivity index is 5.24. The molecule has 0 aliphatic rings. The average molecular weight is 278 g/mol. The van der Waals surface area contributed by atoms with Crippen LogP contribution in [0.5, 0.6) is 0 Å². The molecule has 0 aromatic rings. The van der Waals surface area contributed by atoms with Crippen molar-refractivity contribution in [1.82, 2.24) is 4.90 Å². The molecule has 0 heterocycles. The molecule has 0 aliphatic heterocycles. The molecule has 0 radical (unpaired) electrons. The maximum Gasteiger partial charge on any atom is 0.337 e. The van der Waals surface area contributed by atoms with Gasteiger partial charge in [-0.05, 0) is 34.6 Å². The van der Waals surface area contributed by atoms with E-state index in [0.29, 0.717) is 0 Å². The fourth-order valence-corrected chi connectivity index (χ4v) is 2.58.